The monoisotopic (exact) mass is 423 g/mol. The largest absolute Gasteiger partial charge is 0.444 e. The third-order valence-corrected chi connectivity index (χ3v) is 5.11. The van der Waals surface area contributed by atoms with Crippen LogP contribution in [0.2, 0.25) is 0 Å². The summed E-state index contributed by atoms with van der Waals surface area (Å²) in [6.45, 7) is 10.1. The first-order chi connectivity index (χ1) is 14.9. The Kier molecular flexibility index (Phi) is 5.77. The summed E-state index contributed by atoms with van der Waals surface area (Å²) in [5.41, 5.74) is 1.38. The number of piperazine rings is 1. The Hall–Kier alpha value is -3.20. The third-order valence-electron chi connectivity index (χ3n) is 5.11. The molecule has 2 aromatic heterocycles. The summed E-state index contributed by atoms with van der Waals surface area (Å²) < 4.78 is 7.51. The van der Waals surface area contributed by atoms with Gasteiger partial charge in [-0.3, -0.25) is 9.88 Å². The summed E-state index contributed by atoms with van der Waals surface area (Å²) in [6.07, 6.45) is 3.12. The average Bonchev–Trinajstić information content (AvgIpc) is 3.18. The maximum Gasteiger partial charge on any atom is 0.410 e. The van der Waals surface area contributed by atoms with Gasteiger partial charge < -0.3 is 14.5 Å². The average molecular weight is 424 g/mol. The topological polar surface area (TPSA) is 88.4 Å². The zero-order valence-corrected chi connectivity index (χ0v) is 18.4. The van der Waals surface area contributed by atoms with Crippen molar-refractivity contribution in [3.63, 3.8) is 0 Å². The van der Waals surface area contributed by atoms with Gasteiger partial charge in [0.2, 0.25) is 5.95 Å². The van der Waals surface area contributed by atoms with Gasteiger partial charge in [0.15, 0.2) is 0 Å². The van der Waals surface area contributed by atoms with Crippen LogP contribution in [0.4, 0.5) is 10.7 Å². The second kappa shape index (κ2) is 8.50. The second-order valence-electron chi connectivity index (χ2n) is 8.50. The van der Waals surface area contributed by atoms with Gasteiger partial charge >= 0.3 is 6.09 Å². The molecular weight excluding hydrogens is 394 g/mol. The molecule has 1 amide bonds. The van der Waals surface area contributed by atoms with Crippen molar-refractivity contribution in [3.05, 3.63) is 42.9 Å². The molecule has 3 aromatic rings. The minimum Gasteiger partial charge on any atom is -0.444 e. The van der Waals surface area contributed by atoms with Gasteiger partial charge in [-0.1, -0.05) is 12.1 Å². The second-order valence-corrected chi connectivity index (χ2v) is 8.50. The number of amides is 1. The fourth-order valence-corrected chi connectivity index (χ4v) is 3.69. The van der Waals surface area contributed by atoms with E-state index in [-0.39, 0.29) is 12.3 Å². The number of hydrogen-bond acceptors (Lipinski definition) is 7. The van der Waals surface area contributed by atoms with E-state index in [4.69, 9.17) is 9.72 Å². The van der Waals surface area contributed by atoms with Crippen LogP contribution in [-0.2, 0) is 4.74 Å². The highest BCUT2D eigenvalue weighted by molar-refractivity contribution is 5.76. The molecule has 0 saturated carbocycles. The molecule has 0 bridgehead atoms. The number of ether oxygens (including phenoxy) is 1. The first-order valence-electron chi connectivity index (χ1n) is 10.6. The first-order valence-corrected chi connectivity index (χ1v) is 10.6. The zero-order valence-electron chi connectivity index (χ0n) is 18.4. The van der Waals surface area contributed by atoms with Crippen LogP contribution in [0.15, 0.2) is 42.9 Å². The van der Waals surface area contributed by atoms with E-state index in [0.717, 1.165) is 16.9 Å². The van der Waals surface area contributed by atoms with Gasteiger partial charge in [0.05, 0.1) is 17.6 Å². The molecular formula is C22H29N7O2. The van der Waals surface area contributed by atoms with E-state index < -0.39 is 5.60 Å². The molecule has 0 radical (unpaired) electrons. The van der Waals surface area contributed by atoms with Gasteiger partial charge in [0.25, 0.3) is 0 Å². The molecule has 1 aromatic carbocycles. The number of likely N-dealkylation sites (N-methyl/N-ethyl adjacent to an activating group) is 1. The fourth-order valence-electron chi connectivity index (χ4n) is 3.69. The lowest BCUT2D eigenvalue weighted by Gasteiger charge is -2.39. The maximum absolute atomic E-state index is 12.6. The molecule has 164 valence electrons. The van der Waals surface area contributed by atoms with Gasteiger partial charge in [-0.15, -0.1) is 0 Å². The first kappa shape index (κ1) is 21.0. The lowest BCUT2D eigenvalue weighted by atomic mass is 10.2. The lowest BCUT2D eigenvalue weighted by molar-refractivity contribution is 0.0194. The number of nitrogens with one attached hydrogen (secondary N) is 1. The number of carbonyl (C=O) groups excluding carboxylic acids is 1. The number of para-hydroxylation sites is 2. The highest BCUT2D eigenvalue weighted by Gasteiger charge is 2.31. The molecule has 0 aliphatic carbocycles. The molecule has 1 fully saturated rings. The van der Waals surface area contributed by atoms with Crippen molar-refractivity contribution in [1.82, 2.24) is 29.7 Å². The molecule has 3 heterocycles. The highest BCUT2D eigenvalue weighted by atomic mass is 16.6. The number of aromatic nitrogens is 4. The standard InChI is InChI=1S/C22H29N7O2/c1-5-28(19-14-27(13-12-23-19)21(30)31-22(2,3)4)20-24-11-10-18(26-20)29-15-25-16-8-6-7-9-17(16)29/h6-11,15,19,23H,5,12-14H2,1-4H3. The lowest BCUT2D eigenvalue weighted by Crippen LogP contribution is -2.60. The minimum absolute atomic E-state index is 0.110. The van der Waals surface area contributed by atoms with Crippen LogP contribution in [0.3, 0.4) is 0 Å². The van der Waals surface area contributed by atoms with Gasteiger partial charge in [-0.05, 0) is 45.9 Å². The number of rotatable bonds is 4. The molecule has 1 N–H and O–H groups in total. The maximum atomic E-state index is 12.6. The Labute approximate surface area is 182 Å². The van der Waals surface area contributed by atoms with Crippen molar-refractivity contribution >= 4 is 23.1 Å². The van der Waals surface area contributed by atoms with Crippen molar-refractivity contribution in [2.45, 2.75) is 39.5 Å². The Morgan fingerprint density at radius 1 is 1.26 bits per heavy atom. The summed E-state index contributed by atoms with van der Waals surface area (Å²) in [7, 11) is 0. The summed E-state index contributed by atoms with van der Waals surface area (Å²) in [5.74, 6) is 1.35. The van der Waals surface area contributed by atoms with Crippen molar-refractivity contribution in [2.24, 2.45) is 0 Å². The van der Waals surface area contributed by atoms with Crippen molar-refractivity contribution in [2.75, 3.05) is 31.1 Å². The normalized spacial score (nSPS) is 17.0. The number of hydrogen-bond donors (Lipinski definition) is 1. The molecule has 1 unspecified atom stereocenters. The number of nitrogens with zero attached hydrogens (tertiary/aromatic N) is 6. The van der Waals surface area contributed by atoms with Gasteiger partial charge in [-0.2, -0.15) is 4.98 Å². The van der Waals surface area contributed by atoms with E-state index in [2.05, 4.69) is 27.1 Å². The minimum atomic E-state index is -0.521. The van der Waals surface area contributed by atoms with E-state index in [1.54, 1.807) is 17.4 Å². The summed E-state index contributed by atoms with van der Waals surface area (Å²) in [4.78, 5) is 30.1. The molecule has 1 aliphatic rings. The Morgan fingerprint density at radius 3 is 2.84 bits per heavy atom. The molecule has 1 aliphatic heterocycles. The van der Waals surface area contributed by atoms with Crippen LogP contribution >= 0.6 is 0 Å². The van der Waals surface area contributed by atoms with Crippen molar-refractivity contribution in [1.29, 1.82) is 0 Å². The molecule has 9 heteroatoms. The van der Waals surface area contributed by atoms with Gasteiger partial charge in [0.1, 0.15) is 23.9 Å². The quantitative estimate of drug-likeness (QED) is 0.690. The summed E-state index contributed by atoms with van der Waals surface area (Å²) in [6, 6.07) is 9.81. The molecule has 9 nitrogen and oxygen atoms in total. The van der Waals surface area contributed by atoms with E-state index in [1.807, 2.05) is 55.7 Å². The van der Waals surface area contributed by atoms with Crippen molar-refractivity contribution in [3.8, 4) is 5.82 Å². The molecule has 1 atom stereocenters. The van der Waals surface area contributed by atoms with Crippen LogP contribution in [0, 0.1) is 0 Å². The van der Waals surface area contributed by atoms with E-state index in [0.29, 0.717) is 32.1 Å². The Morgan fingerprint density at radius 2 is 2.06 bits per heavy atom. The van der Waals surface area contributed by atoms with Crippen LogP contribution in [0.1, 0.15) is 27.7 Å². The van der Waals surface area contributed by atoms with Crippen molar-refractivity contribution < 1.29 is 9.53 Å². The number of benzene rings is 1. The SMILES string of the molecule is CCN(c1nccc(-n2cnc3ccccc32)n1)C1CN(C(=O)OC(C)(C)C)CCN1. The number of carbonyl (C=O) groups is 1. The zero-order chi connectivity index (χ0) is 22.0. The predicted molar refractivity (Wildman–Crippen MR) is 119 cm³/mol. The Bertz CT molecular complexity index is 1060. The van der Waals surface area contributed by atoms with E-state index in [1.165, 1.54) is 0 Å². The van der Waals surface area contributed by atoms with Gasteiger partial charge in [-0.25, -0.2) is 14.8 Å². The number of fused-ring (bicyclic) bond motifs is 1. The third kappa shape index (κ3) is 4.61. The molecule has 31 heavy (non-hydrogen) atoms. The highest BCUT2D eigenvalue weighted by Crippen LogP contribution is 2.20. The summed E-state index contributed by atoms with van der Waals surface area (Å²) >= 11 is 0. The van der Waals surface area contributed by atoms with E-state index >= 15 is 0 Å². The Balaban J connectivity index is 1.57. The number of anilines is 1. The fraction of sp³-hybridized carbons (Fsp3) is 0.455. The van der Waals surface area contributed by atoms with Crippen LogP contribution in [0.5, 0.6) is 0 Å². The van der Waals surface area contributed by atoms with E-state index in [9.17, 15) is 4.79 Å². The number of imidazole rings is 1. The molecule has 1 saturated heterocycles. The predicted octanol–water partition coefficient (Wildman–Crippen LogP) is 2.81. The van der Waals surface area contributed by atoms with Gasteiger partial charge in [0, 0.05) is 25.8 Å². The molecule has 4 rings (SSSR count). The van der Waals surface area contributed by atoms with Crippen LogP contribution < -0.4 is 10.2 Å². The smallest absolute Gasteiger partial charge is 0.410 e. The molecule has 0 spiro atoms. The summed E-state index contributed by atoms with van der Waals surface area (Å²) in [5, 5.41) is 3.48. The van der Waals surface area contributed by atoms with Crippen LogP contribution in [0.25, 0.3) is 16.9 Å². The van der Waals surface area contributed by atoms with Crippen LogP contribution in [-0.4, -0.2) is 68.5 Å².